The molecule has 0 spiro atoms. The summed E-state index contributed by atoms with van der Waals surface area (Å²) in [6, 6.07) is 9.89. The van der Waals surface area contributed by atoms with Crippen LogP contribution >= 0.6 is 11.8 Å². The predicted octanol–water partition coefficient (Wildman–Crippen LogP) is 3.13. The highest BCUT2D eigenvalue weighted by atomic mass is 32.2. The van der Waals surface area contributed by atoms with Gasteiger partial charge in [-0.1, -0.05) is 30.0 Å². The van der Waals surface area contributed by atoms with Crippen LogP contribution in [0.3, 0.4) is 0 Å². The lowest BCUT2D eigenvalue weighted by molar-refractivity contribution is 0.540. The number of thioether (sulfide) groups is 1. The maximum absolute atomic E-state index is 6.07. The van der Waals surface area contributed by atoms with Crippen molar-refractivity contribution in [3.05, 3.63) is 47.6 Å². The molecule has 2 N–H and O–H groups in total. The quantitative estimate of drug-likeness (QED) is 0.572. The van der Waals surface area contributed by atoms with Gasteiger partial charge in [-0.3, -0.25) is 0 Å². The van der Waals surface area contributed by atoms with E-state index in [2.05, 4.69) is 15.2 Å². The van der Waals surface area contributed by atoms with E-state index in [1.165, 1.54) is 11.8 Å². The van der Waals surface area contributed by atoms with Crippen LogP contribution in [-0.4, -0.2) is 19.9 Å². The molecule has 118 valence electrons. The van der Waals surface area contributed by atoms with Crippen LogP contribution in [0.1, 0.15) is 36.0 Å². The summed E-state index contributed by atoms with van der Waals surface area (Å²) in [6.07, 6.45) is 2.31. The second-order valence-corrected chi connectivity index (χ2v) is 6.60. The standard InChI is InChI=1S/C16H17N5OS/c1-10-13(18-15(22-10)12-5-3-2-4-6-12)9-23-16-20-19-14(21(16)17)11-7-8-11/h2-6,11H,7-9,17H2,1H3. The summed E-state index contributed by atoms with van der Waals surface area (Å²) in [4.78, 5) is 4.59. The number of oxazole rings is 1. The highest BCUT2D eigenvalue weighted by molar-refractivity contribution is 7.98. The van der Waals surface area contributed by atoms with Crippen LogP contribution in [0, 0.1) is 6.92 Å². The zero-order valence-electron chi connectivity index (χ0n) is 12.8. The molecule has 3 aromatic rings. The van der Waals surface area contributed by atoms with Gasteiger partial charge in [0.1, 0.15) is 5.76 Å². The van der Waals surface area contributed by atoms with E-state index >= 15 is 0 Å². The van der Waals surface area contributed by atoms with Crippen molar-refractivity contribution in [1.29, 1.82) is 0 Å². The normalized spacial score (nSPS) is 14.3. The minimum Gasteiger partial charge on any atom is -0.441 e. The molecule has 2 aromatic heterocycles. The fourth-order valence-corrected chi connectivity index (χ4v) is 3.27. The molecule has 1 aromatic carbocycles. The molecule has 1 aliphatic carbocycles. The third-order valence-electron chi connectivity index (χ3n) is 3.88. The number of hydrogen-bond acceptors (Lipinski definition) is 6. The van der Waals surface area contributed by atoms with Crippen molar-refractivity contribution in [3.63, 3.8) is 0 Å². The summed E-state index contributed by atoms with van der Waals surface area (Å²) in [7, 11) is 0. The van der Waals surface area contributed by atoms with Crippen molar-refractivity contribution >= 4 is 11.8 Å². The Kier molecular flexibility index (Phi) is 3.57. The lowest BCUT2D eigenvalue weighted by Gasteiger charge is -2.01. The Labute approximate surface area is 138 Å². The summed E-state index contributed by atoms with van der Waals surface area (Å²) < 4.78 is 7.38. The van der Waals surface area contributed by atoms with Crippen LogP contribution in [0.2, 0.25) is 0 Å². The molecule has 0 saturated heterocycles. The van der Waals surface area contributed by atoms with Gasteiger partial charge in [0.05, 0.1) is 5.69 Å². The predicted molar refractivity (Wildman–Crippen MR) is 88.4 cm³/mol. The molecule has 2 heterocycles. The summed E-state index contributed by atoms with van der Waals surface area (Å²) >= 11 is 1.53. The molecule has 0 amide bonds. The number of nitrogens with zero attached hydrogens (tertiary/aromatic N) is 4. The molecular formula is C16H17N5OS. The van der Waals surface area contributed by atoms with E-state index in [9.17, 15) is 0 Å². The van der Waals surface area contributed by atoms with Crippen molar-refractivity contribution in [2.24, 2.45) is 0 Å². The SMILES string of the molecule is Cc1oc(-c2ccccc2)nc1CSc1nnc(C2CC2)n1N. The molecular weight excluding hydrogens is 310 g/mol. The average molecular weight is 327 g/mol. The third kappa shape index (κ3) is 2.84. The highest BCUT2D eigenvalue weighted by Crippen LogP contribution is 2.39. The van der Waals surface area contributed by atoms with Crippen LogP contribution in [0.25, 0.3) is 11.5 Å². The Balaban J connectivity index is 1.50. The minimum atomic E-state index is 0.486. The molecule has 7 heteroatoms. The number of nitrogen functional groups attached to an aromatic ring is 1. The number of benzene rings is 1. The smallest absolute Gasteiger partial charge is 0.226 e. The van der Waals surface area contributed by atoms with Crippen LogP contribution in [0.4, 0.5) is 0 Å². The first-order valence-electron chi connectivity index (χ1n) is 7.57. The molecule has 23 heavy (non-hydrogen) atoms. The summed E-state index contributed by atoms with van der Waals surface area (Å²) in [5, 5.41) is 9.09. The summed E-state index contributed by atoms with van der Waals surface area (Å²) in [6.45, 7) is 1.93. The number of rotatable bonds is 5. The summed E-state index contributed by atoms with van der Waals surface area (Å²) in [5.41, 5.74) is 1.88. The van der Waals surface area contributed by atoms with Crippen molar-refractivity contribution in [3.8, 4) is 11.5 Å². The Hall–Kier alpha value is -2.28. The second kappa shape index (κ2) is 5.73. The van der Waals surface area contributed by atoms with Gasteiger partial charge < -0.3 is 10.3 Å². The number of nitrogens with two attached hydrogens (primary N) is 1. The first-order chi connectivity index (χ1) is 11.2. The van der Waals surface area contributed by atoms with Crippen LogP contribution in [0.15, 0.2) is 39.9 Å². The molecule has 0 radical (unpaired) electrons. The number of hydrogen-bond donors (Lipinski definition) is 1. The molecule has 1 saturated carbocycles. The number of aromatic nitrogens is 4. The molecule has 1 aliphatic rings. The van der Waals surface area contributed by atoms with E-state index < -0.39 is 0 Å². The van der Waals surface area contributed by atoms with E-state index in [1.807, 2.05) is 37.3 Å². The molecule has 0 unspecified atom stereocenters. The van der Waals surface area contributed by atoms with Crippen LogP contribution < -0.4 is 5.84 Å². The Morgan fingerprint density at radius 2 is 2.04 bits per heavy atom. The van der Waals surface area contributed by atoms with Crippen molar-refractivity contribution < 1.29 is 4.42 Å². The van der Waals surface area contributed by atoms with Gasteiger partial charge >= 0.3 is 0 Å². The highest BCUT2D eigenvalue weighted by Gasteiger charge is 2.30. The zero-order chi connectivity index (χ0) is 15.8. The van der Waals surface area contributed by atoms with E-state index in [4.69, 9.17) is 10.3 Å². The van der Waals surface area contributed by atoms with Gasteiger partial charge in [0.2, 0.25) is 11.0 Å². The molecule has 0 aliphatic heterocycles. The van der Waals surface area contributed by atoms with Gasteiger partial charge in [0.25, 0.3) is 0 Å². The van der Waals surface area contributed by atoms with Crippen LogP contribution in [0.5, 0.6) is 0 Å². The van der Waals surface area contributed by atoms with Crippen molar-refractivity contribution in [1.82, 2.24) is 19.9 Å². The second-order valence-electron chi connectivity index (χ2n) is 5.66. The van der Waals surface area contributed by atoms with Gasteiger partial charge in [0, 0.05) is 17.2 Å². The molecule has 6 nitrogen and oxygen atoms in total. The largest absolute Gasteiger partial charge is 0.441 e. The fraction of sp³-hybridized carbons (Fsp3) is 0.312. The van der Waals surface area contributed by atoms with Gasteiger partial charge in [-0.2, -0.15) is 0 Å². The fourth-order valence-electron chi connectivity index (χ4n) is 2.41. The first kappa shape index (κ1) is 14.3. The Bertz CT molecular complexity index is 822. The van der Waals surface area contributed by atoms with Crippen molar-refractivity contribution in [2.45, 2.75) is 36.6 Å². The number of aryl methyl sites for hydroxylation is 1. The Morgan fingerprint density at radius 3 is 2.78 bits per heavy atom. The third-order valence-corrected chi connectivity index (χ3v) is 4.84. The molecule has 0 atom stereocenters. The molecule has 4 rings (SSSR count). The van der Waals surface area contributed by atoms with E-state index in [-0.39, 0.29) is 0 Å². The lowest BCUT2D eigenvalue weighted by Crippen LogP contribution is -2.13. The van der Waals surface area contributed by atoms with E-state index in [0.29, 0.717) is 17.6 Å². The molecule has 0 bridgehead atoms. The zero-order valence-corrected chi connectivity index (χ0v) is 13.6. The van der Waals surface area contributed by atoms with Crippen LogP contribution in [-0.2, 0) is 5.75 Å². The van der Waals surface area contributed by atoms with Gasteiger partial charge in [0.15, 0.2) is 5.82 Å². The van der Waals surface area contributed by atoms with E-state index in [0.717, 1.165) is 40.8 Å². The van der Waals surface area contributed by atoms with Gasteiger partial charge in [-0.25, -0.2) is 9.66 Å². The van der Waals surface area contributed by atoms with Crippen molar-refractivity contribution in [2.75, 3.05) is 5.84 Å². The maximum Gasteiger partial charge on any atom is 0.226 e. The summed E-state index contributed by atoms with van der Waals surface area (Å²) in [5.74, 6) is 9.56. The topological polar surface area (TPSA) is 82.8 Å². The Morgan fingerprint density at radius 1 is 1.26 bits per heavy atom. The van der Waals surface area contributed by atoms with Gasteiger partial charge in [-0.15, -0.1) is 10.2 Å². The monoisotopic (exact) mass is 327 g/mol. The first-order valence-corrected chi connectivity index (χ1v) is 8.56. The average Bonchev–Trinajstić information content (AvgIpc) is 3.25. The maximum atomic E-state index is 6.07. The molecule has 1 fully saturated rings. The van der Waals surface area contributed by atoms with Gasteiger partial charge in [-0.05, 0) is 31.9 Å². The minimum absolute atomic E-state index is 0.486. The lowest BCUT2D eigenvalue weighted by atomic mass is 10.2. The van der Waals surface area contributed by atoms with E-state index in [1.54, 1.807) is 4.68 Å².